The van der Waals surface area contributed by atoms with E-state index in [9.17, 15) is 18.0 Å². The number of carbonyl (C=O) groups is 1. The van der Waals surface area contributed by atoms with Crippen LogP contribution < -0.4 is 4.90 Å². The number of amides is 1. The monoisotopic (exact) mass is 419 g/mol. The van der Waals surface area contributed by atoms with Crippen molar-refractivity contribution in [3.8, 4) is 0 Å². The topological polar surface area (TPSA) is 36.4 Å². The van der Waals surface area contributed by atoms with Crippen LogP contribution in [-0.2, 0) is 12.6 Å². The smallest absolute Gasteiger partial charge is 0.345 e. The summed E-state index contributed by atoms with van der Waals surface area (Å²) in [7, 11) is 0. The molecule has 1 fully saturated rings. The minimum Gasteiger partial charge on any atom is -0.345 e. The minimum absolute atomic E-state index is 0.0698. The number of hydrogen-bond donors (Lipinski definition) is 0. The molecule has 152 valence electrons. The predicted octanol–water partition coefficient (Wildman–Crippen LogP) is 4.84. The van der Waals surface area contributed by atoms with Crippen LogP contribution in [-0.4, -0.2) is 42.0 Å². The highest BCUT2D eigenvalue weighted by molar-refractivity contribution is 7.22. The summed E-state index contributed by atoms with van der Waals surface area (Å²) in [6, 6.07) is 10.9. The lowest BCUT2D eigenvalue weighted by molar-refractivity contribution is -0.137. The first-order chi connectivity index (χ1) is 13.8. The maximum absolute atomic E-state index is 12.9. The first kappa shape index (κ1) is 19.7. The molecule has 0 radical (unpaired) electrons. The van der Waals surface area contributed by atoms with Gasteiger partial charge in [0.05, 0.1) is 15.8 Å². The third-order valence-electron chi connectivity index (χ3n) is 5.12. The summed E-state index contributed by atoms with van der Waals surface area (Å²) >= 11 is 1.63. The molecular formula is C21H20F3N3OS. The molecule has 1 saturated heterocycles. The number of halogens is 3. The van der Waals surface area contributed by atoms with Crippen LogP contribution in [0, 0.1) is 0 Å². The van der Waals surface area contributed by atoms with E-state index < -0.39 is 11.7 Å². The van der Waals surface area contributed by atoms with Gasteiger partial charge in [0.1, 0.15) is 0 Å². The Bertz CT molecular complexity index is 1040. The molecule has 8 heteroatoms. The van der Waals surface area contributed by atoms with Crippen molar-refractivity contribution >= 4 is 32.6 Å². The van der Waals surface area contributed by atoms with Gasteiger partial charge in [-0.3, -0.25) is 4.79 Å². The second kappa shape index (κ2) is 7.67. The number of benzene rings is 2. The van der Waals surface area contributed by atoms with Crippen LogP contribution >= 0.6 is 11.3 Å². The van der Waals surface area contributed by atoms with Crippen LogP contribution in [0.3, 0.4) is 0 Å². The number of aromatic nitrogens is 1. The van der Waals surface area contributed by atoms with Crippen LogP contribution in [0.4, 0.5) is 18.3 Å². The highest BCUT2D eigenvalue weighted by Gasteiger charge is 2.32. The molecule has 29 heavy (non-hydrogen) atoms. The fraction of sp³-hybridized carbons (Fsp3) is 0.333. The van der Waals surface area contributed by atoms with Crippen molar-refractivity contribution in [1.82, 2.24) is 9.88 Å². The summed E-state index contributed by atoms with van der Waals surface area (Å²) in [4.78, 5) is 21.1. The summed E-state index contributed by atoms with van der Waals surface area (Å²) in [5.41, 5.74) is 1.50. The Balaban J connectivity index is 1.45. The molecule has 1 aliphatic heterocycles. The molecule has 2 aromatic carbocycles. The Morgan fingerprint density at radius 2 is 1.86 bits per heavy atom. The molecule has 1 amide bonds. The lowest BCUT2D eigenvalue weighted by Crippen LogP contribution is -2.48. The average molecular weight is 419 g/mol. The van der Waals surface area contributed by atoms with E-state index in [4.69, 9.17) is 4.98 Å². The molecule has 0 saturated carbocycles. The van der Waals surface area contributed by atoms with Gasteiger partial charge in [-0.15, -0.1) is 0 Å². The molecule has 0 spiro atoms. The standard InChI is InChI=1S/C21H20F3N3OS/c1-2-14-6-7-17-18(12-14)29-20(25-17)27-10-8-26(9-11-27)19(28)15-4-3-5-16(13-15)21(22,23)24/h3-7,12-13H,2,8-11H2,1H3. The van der Waals surface area contributed by atoms with Crippen molar-refractivity contribution in [3.63, 3.8) is 0 Å². The molecule has 3 aromatic rings. The average Bonchev–Trinajstić information content (AvgIpc) is 3.16. The number of aryl methyl sites for hydroxylation is 1. The Kier molecular flexibility index (Phi) is 5.21. The molecule has 1 aliphatic rings. The van der Waals surface area contributed by atoms with E-state index in [1.165, 1.54) is 17.7 Å². The third-order valence-corrected chi connectivity index (χ3v) is 6.20. The Labute approximate surface area is 170 Å². The number of fused-ring (bicyclic) bond motifs is 1. The zero-order chi connectivity index (χ0) is 20.6. The number of thiazole rings is 1. The van der Waals surface area contributed by atoms with Crippen LogP contribution in [0.1, 0.15) is 28.4 Å². The number of piperazine rings is 1. The van der Waals surface area contributed by atoms with Gasteiger partial charge in [-0.25, -0.2) is 4.98 Å². The summed E-state index contributed by atoms with van der Waals surface area (Å²) in [5.74, 6) is -0.368. The highest BCUT2D eigenvalue weighted by atomic mass is 32.1. The molecule has 4 rings (SSSR count). The Morgan fingerprint density at radius 3 is 2.55 bits per heavy atom. The molecule has 4 nitrogen and oxygen atoms in total. The lowest BCUT2D eigenvalue weighted by atomic mass is 10.1. The van der Waals surface area contributed by atoms with Gasteiger partial charge in [0.2, 0.25) is 0 Å². The van der Waals surface area contributed by atoms with Crippen molar-refractivity contribution in [2.75, 3.05) is 31.1 Å². The predicted molar refractivity (Wildman–Crippen MR) is 109 cm³/mol. The van der Waals surface area contributed by atoms with Crippen molar-refractivity contribution in [2.24, 2.45) is 0 Å². The first-order valence-corrected chi connectivity index (χ1v) is 10.3. The van der Waals surface area contributed by atoms with Gasteiger partial charge in [-0.05, 0) is 42.3 Å². The van der Waals surface area contributed by atoms with Gasteiger partial charge in [0.25, 0.3) is 5.91 Å². The van der Waals surface area contributed by atoms with Gasteiger partial charge in [0.15, 0.2) is 5.13 Å². The van der Waals surface area contributed by atoms with Gasteiger partial charge < -0.3 is 9.80 Å². The zero-order valence-corrected chi connectivity index (χ0v) is 16.7. The number of rotatable bonds is 3. The molecule has 0 N–H and O–H groups in total. The van der Waals surface area contributed by atoms with E-state index in [-0.39, 0.29) is 11.5 Å². The summed E-state index contributed by atoms with van der Waals surface area (Å²) in [6.07, 6.45) is -3.49. The Hall–Kier alpha value is -2.61. The fourth-order valence-corrected chi connectivity index (χ4v) is 4.50. The maximum Gasteiger partial charge on any atom is 0.416 e. The summed E-state index contributed by atoms with van der Waals surface area (Å²) in [5, 5.41) is 0.916. The van der Waals surface area contributed by atoms with Crippen LogP contribution in [0.15, 0.2) is 42.5 Å². The van der Waals surface area contributed by atoms with Gasteiger partial charge in [-0.2, -0.15) is 13.2 Å². The van der Waals surface area contributed by atoms with E-state index in [1.54, 1.807) is 16.2 Å². The SMILES string of the molecule is CCc1ccc2nc(N3CCN(C(=O)c4cccc(C(F)(F)F)c4)CC3)sc2c1. The maximum atomic E-state index is 12.9. The first-order valence-electron chi connectivity index (χ1n) is 9.46. The second-order valence-corrected chi connectivity index (χ2v) is 8.02. The number of alkyl halides is 3. The third kappa shape index (κ3) is 4.07. The van der Waals surface area contributed by atoms with Crippen LogP contribution in [0.2, 0.25) is 0 Å². The quantitative estimate of drug-likeness (QED) is 0.610. The van der Waals surface area contributed by atoms with Crippen molar-refractivity contribution in [1.29, 1.82) is 0 Å². The van der Waals surface area contributed by atoms with Gasteiger partial charge in [-0.1, -0.05) is 30.4 Å². The molecule has 0 bridgehead atoms. The normalized spacial score (nSPS) is 15.2. The summed E-state index contributed by atoms with van der Waals surface area (Å²) in [6.45, 7) is 4.22. The van der Waals surface area contributed by atoms with Crippen molar-refractivity contribution in [3.05, 3.63) is 59.2 Å². The number of hydrogen-bond acceptors (Lipinski definition) is 4. The molecule has 0 aliphatic carbocycles. The molecular weight excluding hydrogens is 399 g/mol. The van der Waals surface area contributed by atoms with E-state index in [2.05, 4.69) is 24.0 Å². The van der Waals surface area contributed by atoms with Crippen molar-refractivity contribution < 1.29 is 18.0 Å². The molecule has 0 unspecified atom stereocenters. The van der Waals surface area contributed by atoms with E-state index in [0.29, 0.717) is 26.2 Å². The number of nitrogens with zero attached hydrogens (tertiary/aromatic N) is 3. The largest absolute Gasteiger partial charge is 0.416 e. The molecule has 1 aromatic heterocycles. The molecule has 2 heterocycles. The van der Waals surface area contributed by atoms with E-state index in [0.717, 1.165) is 33.9 Å². The van der Waals surface area contributed by atoms with Crippen LogP contribution in [0.5, 0.6) is 0 Å². The fourth-order valence-electron chi connectivity index (χ4n) is 3.42. The summed E-state index contributed by atoms with van der Waals surface area (Å²) < 4.78 is 39.9. The van der Waals surface area contributed by atoms with E-state index in [1.807, 2.05) is 6.07 Å². The second-order valence-electron chi connectivity index (χ2n) is 7.01. The lowest BCUT2D eigenvalue weighted by Gasteiger charge is -2.34. The zero-order valence-electron chi connectivity index (χ0n) is 15.9. The van der Waals surface area contributed by atoms with Gasteiger partial charge in [0, 0.05) is 31.7 Å². The highest BCUT2D eigenvalue weighted by Crippen LogP contribution is 2.31. The molecule has 0 atom stereocenters. The van der Waals surface area contributed by atoms with Crippen molar-refractivity contribution in [2.45, 2.75) is 19.5 Å². The number of carbonyl (C=O) groups excluding carboxylic acids is 1. The Morgan fingerprint density at radius 1 is 1.10 bits per heavy atom. The van der Waals surface area contributed by atoms with Gasteiger partial charge >= 0.3 is 6.18 Å². The number of anilines is 1. The van der Waals surface area contributed by atoms with E-state index >= 15 is 0 Å². The minimum atomic E-state index is -4.46. The van der Waals surface area contributed by atoms with Crippen LogP contribution in [0.25, 0.3) is 10.2 Å².